The Morgan fingerprint density at radius 2 is 1.83 bits per heavy atom. The van der Waals surface area contributed by atoms with Crippen LogP contribution in [0.4, 0.5) is 0 Å². The zero-order chi connectivity index (χ0) is 29.1. The molecule has 0 fully saturated rings. The average molecular weight is 681 g/mol. The number of methoxy groups -OCH3 is 1. The van der Waals surface area contributed by atoms with Crippen LogP contribution in [0.3, 0.4) is 0 Å². The van der Waals surface area contributed by atoms with E-state index in [4.69, 9.17) is 14.2 Å². The third kappa shape index (κ3) is 6.01. The topological polar surface area (TPSA) is 79.1 Å². The number of aromatic nitrogens is 1. The highest BCUT2D eigenvalue weighted by atomic mass is 127. The minimum absolute atomic E-state index is 0.228. The minimum Gasteiger partial charge on any atom is -0.493 e. The van der Waals surface area contributed by atoms with Crippen LogP contribution in [0.2, 0.25) is 0 Å². The summed E-state index contributed by atoms with van der Waals surface area (Å²) in [5.74, 6) is 0.744. The monoisotopic (exact) mass is 680 g/mol. The largest absolute Gasteiger partial charge is 0.493 e. The zero-order valence-corrected chi connectivity index (χ0v) is 26.1. The van der Waals surface area contributed by atoms with Crippen LogP contribution in [0.5, 0.6) is 11.5 Å². The molecule has 4 aromatic rings. The second-order valence-corrected chi connectivity index (χ2v) is 11.7. The summed E-state index contributed by atoms with van der Waals surface area (Å²) in [6.07, 6.45) is 1.82. The number of aryl methyl sites for hydroxylation is 1. The lowest BCUT2D eigenvalue weighted by Gasteiger charge is -2.24. The fourth-order valence-electron chi connectivity index (χ4n) is 4.70. The predicted molar refractivity (Wildman–Crippen MR) is 168 cm³/mol. The highest BCUT2D eigenvalue weighted by Crippen LogP contribution is 2.35. The van der Waals surface area contributed by atoms with Gasteiger partial charge >= 0.3 is 5.97 Å². The Morgan fingerprint density at radius 3 is 2.51 bits per heavy atom. The van der Waals surface area contributed by atoms with Crippen molar-refractivity contribution < 1.29 is 19.0 Å². The summed E-state index contributed by atoms with van der Waals surface area (Å²) in [6.45, 7) is 6.18. The molecule has 210 valence electrons. The maximum Gasteiger partial charge on any atom is 0.338 e. The quantitative estimate of drug-likeness (QED) is 0.187. The summed E-state index contributed by atoms with van der Waals surface area (Å²) in [6, 6.07) is 20.9. The van der Waals surface area contributed by atoms with Gasteiger partial charge in [-0.15, -0.1) is 0 Å². The summed E-state index contributed by atoms with van der Waals surface area (Å²) >= 11 is 3.51. The van der Waals surface area contributed by atoms with E-state index in [9.17, 15) is 9.59 Å². The molecule has 1 atom stereocenters. The van der Waals surface area contributed by atoms with Crippen molar-refractivity contribution in [2.24, 2.45) is 4.99 Å². The maximum absolute atomic E-state index is 13.9. The van der Waals surface area contributed by atoms with Crippen LogP contribution >= 0.6 is 33.9 Å². The smallest absolute Gasteiger partial charge is 0.338 e. The molecule has 1 aromatic heterocycles. The fourth-order valence-corrected chi connectivity index (χ4v) is 6.53. The molecule has 7 nitrogen and oxygen atoms in total. The van der Waals surface area contributed by atoms with E-state index in [-0.39, 0.29) is 12.2 Å². The number of ether oxygens (including phenoxy) is 3. The van der Waals surface area contributed by atoms with Crippen LogP contribution < -0.4 is 24.4 Å². The van der Waals surface area contributed by atoms with Gasteiger partial charge < -0.3 is 14.2 Å². The van der Waals surface area contributed by atoms with Crippen molar-refractivity contribution in [3.8, 4) is 11.5 Å². The molecule has 0 amide bonds. The lowest BCUT2D eigenvalue weighted by molar-refractivity contribution is -0.139. The molecule has 0 N–H and O–H groups in total. The van der Waals surface area contributed by atoms with Crippen LogP contribution in [0.25, 0.3) is 6.08 Å². The predicted octanol–water partition coefficient (Wildman–Crippen LogP) is 5.30. The van der Waals surface area contributed by atoms with Crippen molar-refractivity contribution in [2.45, 2.75) is 33.4 Å². The van der Waals surface area contributed by atoms with E-state index < -0.39 is 12.0 Å². The van der Waals surface area contributed by atoms with Gasteiger partial charge in [-0.3, -0.25) is 9.36 Å². The molecule has 0 unspecified atom stereocenters. The average Bonchev–Trinajstić information content (AvgIpc) is 3.26. The Labute approximate surface area is 255 Å². The van der Waals surface area contributed by atoms with E-state index in [0.29, 0.717) is 38.7 Å². The number of halogens is 1. The van der Waals surface area contributed by atoms with Crippen molar-refractivity contribution in [1.29, 1.82) is 0 Å². The standard InChI is InChI=1S/C32H29IN2O5S/c1-5-39-31(37)27-20(3)34-32-35(28(27)23-13-11-19(2)12-14-23)30(36)26(41-32)17-22-15-24(33)29(25(16-22)38-4)40-18-21-9-7-6-8-10-21/h6-17,28H,5,18H2,1-4H3/b26-17-/t28-/m0/s1. The summed E-state index contributed by atoms with van der Waals surface area (Å²) in [4.78, 5) is 32.2. The number of hydrogen-bond acceptors (Lipinski definition) is 7. The normalized spacial score (nSPS) is 14.9. The Bertz CT molecular complexity index is 1810. The number of rotatable bonds is 8. The molecule has 9 heteroatoms. The molecule has 0 saturated heterocycles. The number of carbonyl (C=O) groups excluding carboxylic acids is 1. The first-order valence-corrected chi connectivity index (χ1v) is 15.0. The van der Waals surface area contributed by atoms with Crippen molar-refractivity contribution in [3.63, 3.8) is 0 Å². The van der Waals surface area contributed by atoms with Crippen LogP contribution in [0, 0.1) is 10.5 Å². The van der Waals surface area contributed by atoms with Gasteiger partial charge in [0.05, 0.1) is 39.1 Å². The second kappa shape index (κ2) is 12.4. The third-order valence-electron chi connectivity index (χ3n) is 6.69. The molecular weight excluding hydrogens is 651 g/mol. The number of esters is 1. The van der Waals surface area contributed by atoms with Crippen LogP contribution in [-0.2, 0) is 16.1 Å². The number of allylic oxidation sites excluding steroid dienone is 1. The highest BCUT2D eigenvalue weighted by Gasteiger charge is 2.33. The van der Waals surface area contributed by atoms with Crippen LogP contribution in [0.1, 0.15) is 42.1 Å². The van der Waals surface area contributed by atoms with Gasteiger partial charge in [-0.05, 0) is 78.3 Å². The molecule has 0 radical (unpaired) electrons. The summed E-state index contributed by atoms with van der Waals surface area (Å²) in [7, 11) is 1.60. The van der Waals surface area contributed by atoms with E-state index in [2.05, 4.69) is 27.6 Å². The van der Waals surface area contributed by atoms with Gasteiger partial charge in [-0.2, -0.15) is 0 Å². The van der Waals surface area contributed by atoms with Crippen molar-refractivity contribution in [1.82, 2.24) is 4.57 Å². The first-order chi connectivity index (χ1) is 19.8. The lowest BCUT2D eigenvalue weighted by Crippen LogP contribution is -2.39. The highest BCUT2D eigenvalue weighted by molar-refractivity contribution is 14.1. The molecule has 1 aliphatic heterocycles. The summed E-state index contributed by atoms with van der Waals surface area (Å²) in [5.41, 5.74) is 4.42. The molecule has 1 aliphatic rings. The second-order valence-electron chi connectivity index (χ2n) is 9.52. The SMILES string of the molecule is CCOC(=O)C1=C(C)N=c2s/c(=C\c3cc(I)c(OCc4ccccc4)c(OC)c3)c(=O)n2[C@H]1c1ccc(C)cc1. The van der Waals surface area contributed by atoms with Gasteiger partial charge in [-0.1, -0.05) is 71.5 Å². The van der Waals surface area contributed by atoms with Gasteiger partial charge in [0.1, 0.15) is 6.61 Å². The van der Waals surface area contributed by atoms with Gasteiger partial charge in [0, 0.05) is 0 Å². The van der Waals surface area contributed by atoms with Crippen molar-refractivity contribution >= 4 is 46.0 Å². The first kappa shape index (κ1) is 28.8. The number of carbonyl (C=O) groups is 1. The molecular formula is C32H29IN2O5S. The van der Waals surface area contributed by atoms with Crippen molar-refractivity contribution in [2.75, 3.05) is 13.7 Å². The molecule has 2 heterocycles. The molecule has 0 saturated carbocycles. The number of fused-ring (bicyclic) bond motifs is 1. The Hall–Kier alpha value is -3.70. The molecule has 0 spiro atoms. The molecule has 41 heavy (non-hydrogen) atoms. The maximum atomic E-state index is 13.9. The molecule has 0 bridgehead atoms. The minimum atomic E-state index is -0.642. The van der Waals surface area contributed by atoms with Gasteiger partial charge in [0.25, 0.3) is 5.56 Å². The van der Waals surface area contributed by atoms with Crippen LogP contribution in [-0.4, -0.2) is 24.3 Å². The number of nitrogens with zero attached hydrogens (tertiary/aromatic N) is 2. The Balaban J connectivity index is 1.58. The molecule has 3 aromatic carbocycles. The summed E-state index contributed by atoms with van der Waals surface area (Å²) < 4.78 is 20.1. The summed E-state index contributed by atoms with van der Waals surface area (Å²) in [5, 5.41) is 0. The van der Waals surface area contributed by atoms with E-state index in [1.165, 1.54) is 11.3 Å². The molecule has 0 aliphatic carbocycles. The third-order valence-corrected chi connectivity index (χ3v) is 8.47. The van der Waals surface area contributed by atoms with E-state index >= 15 is 0 Å². The zero-order valence-electron chi connectivity index (χ0n) is 23.1. The first-order valence-electron chi connectivity index (χ1n) is 13.1. The molecule has 5 rings (SSSR count). The Kier molecular flexibility index (Phi) is 8.74. The van der Waals surface area contributed by atoms with Crippen molar-refractivity contribution in [3.05, 3.63) is 124 Å². The lowest BCUT2D eigenvalue weighted by atomic mass is 9.95. The number of benzene rings is 3. The number of hydrogen-bond donors (Lipinski definition) is 0. The number of thiazole rings is 1. The van der Waals surface area contributed by atoms with Crippen LogP contribution in [0.15, 0.2) is 87.8 Å². The Morgan fingerprint density at radius 1 is 1.10 bits per heavy atom. The van der Waals surface area contributed by atoms with Gasteiger partial charge in [0.2, 0.25) is 0 Å². The fraction of sp³-hybridized carbons (Fsp3) is 0.219. The van der Waals surface area contributed by atoms with E-state index in [1.54, 1.807) is 25.5 Å². The van der Waals surface area contributed by atoms with Gasteiger partial charge in [-0.25, -0.2) is 9.79 Å². The van der Waals surface area contributed by atoms with E-state index in [1.807, 2.05) is 79.7 Å². The van der Waals surface area contributed by atoms with Gasteiger partial charge in [0.15, 0.2) is 16.3 Å². The van der Waals surface area contributed by atoms with E-state index in [0.717, 1.165) is 25.8 Å².